The number of carbonyl (C=O) groups excluding carboxylic acids is 1. The van der Waals surface area contributed by atoms with Crippen molar-refractivity contribution < 1.29 is 17.1 Å². The number of rotatable bonds is 2. The first-order valence-electron chi connectivity index (χ1n) is 6.38. The smallest absolute Gasteiger partial charge is 0.326 e. The van der Waals surface area contributed by atoms with Gasteiger partial charge in [0.2, 0.25) is 5.91 Å². The predicted octanol–water partition coefficient (Wildman–Crippen LogP) is 3.48. The minimum atomic E-state index is -4.87. The van der Waals surface area contributed by atoms with E-state index < -0.39 is 20.5 Å². The molecule has 0 aliphatic carbocycles. The van der Waals surface area contributed by atoms with Gasteiger partial charge in [0.25, 0.3) is 0 Å². The lowest BCUT2D eigenvalue weighted by Gasteiger charge is -2.18. The van der Waals surface area contributed by atoms with Crippen molar-refractivity contribution >= 4 is 32.6 Å². The van der Waals surface area contributed by atoms with Crippen LogP contribution in [0, 0.1) is 5.41 Å². The third-order valence-electron chi connectivity index (χ3n) is 3.03. The first-order valence-corrected chi connectivity index (χ1v) is 7.76. The molecule has 0 saturated heterocycles. The summed E-state index contributed by atoms with van der Waals surface area (Å²) in [7, 11) is -4.87. The molecule has 0 radical (unpaired) electrons. The average Bonchev–Trinajstić information content (AvgIpc) is 2.35. The number of hydrogen-bond acceptors (Lipinski definition) is 3. The summed E-state index contributed by atoms with van der Waals surface area (Å²) in [5.74, 6) is -0.278. The van der Waals surface area contributed by atoms with Crippen molar-refractivity contribution in [1.82, 2.24) is 0 Å². The first kappa shape index (κ1) is 15.4. The molecule has 4 nitrogen and oxygen atoms in total. The van der Waals surface area contributed by atoms with Crippen molar-refractivity contribution in [2.24, 2.45) is 5.41 Å². The molecule has 0 spiro atoms. The summed E-state index contributed by atoms with van der Waals surface area (Å²) in [6, 6.07) is 9.29. The quantitative estimate of drug-likeness (QED) is 0.864. The lowest BCUT2D eigenvalue weighted by atomic mass is 9.95. The van der Waals surface area contributed by atoms with Crippen molar-refractivity contribution in [2.75, 3.05) is 5.32 Å². The van der Waals surface area contributed by atoms with E-state index in [1.165, 1.54) is 6.07 Å². The second-order valence-corrected chi connectivity index (χ2v) is 7.15. The molecule has 0 bridgehead atoms. The van der Waals surface area contributed by atoms with Gasteiger partial charge in [-0.05, 0) is 17.5 Å². The van der Waals surface area contributed by atoms with E-state index in [9.17, 15) is 17.1 Å². The number of fused-ring (bicyclic) bond motifs is 1. The monoisotopic (exact) mass is 309 g/mol. The van der Waals surface area contributed by atoms with Crippen molar-refractivity contribution in [1.29, 1.82) is 0 Å². The second-order valence-electron chi connectivity index (χ2n) is 5.84. The Bertz CT molecular complexity index is 807. The molecule has 0 heterocycles. The number of halogens is 1. The number of hydrogen-bond donors (Lipinski definition) is 1. The number of benzene rings is 2. The fourth-order valence-corrected chi connectivity index (χ4v) is 2.58. The normalized spacial score (nSPS) is 12.4. The van der Waals surface area contributed by atoms with Gasteiger partial charge in [-0.15, -0.1) is 3.89 Å². The van der Waals surface area contributed by atoms with E-state index in [1.807, 2.05) is 0 Å². The minimum Gasteiger partial charge on any atom is -0.326 e. The van der Waals surface area contributed by atoms with Crippen LogP contribution in [0.2, 0.25) is 0 Å². The lowest BCUT2D eigenvalue weighted by Crippen LogP contribution is -2.27. The van der Waals surface area contributed by atoms with Crippen LogP contribution in [-0.2, 0) is 15.0 Å². The Morgan fingerprint density at radius 3 is 2.33 bits per heavy atom. The maximum absolute atomic E-state index is 13.5. The Hall–Kier alpha value is -1.95. The van der Waals surface area contributed by atoms with Crippen molar-refractivity contribution in [3.05, 3.63) is 36.4 Å². The van der Waals surface area contributed by atoms with Gasteiger partial charge in [-0.1, -0.05) is 45.0 Å². The Labute approximate surface area is 123 Å². The molecule has 0 unspecified atom stereocenters. The molecular formula is C15H16FNO3S. The van der Waals surface area contributed by atoms with Gasteiger partial charge in [0.05, 0.1) is 0 Å². The molecule has 0 aliphatic heterocycles. The third-order valence-corrected chi connectivity index (χ3v) is 3.89. The zero-order valence-electron chi connectivity index (χ0n) is 12.0. The van der Waals surface area contributed by atoms with Gasteiger partial charge in [-0.2, -0.15) is 8.42 Å². The molecule has 6 heteroatoms. The summed E-state index contributed by atoms with van der Waals surface area (Å²) < 4.78 is 36.1. The summed E-state index contributed by atoms with van der Waals surface area (Å²) in [5.41, 5.74) is -0.384. The van der Waals surface area contributed by atoms with Crippen LogP contribution in [0.1, 0.15) is 20.8 Å². The molecule has 0 fully saturated rings. The standard InChI is InChI=1S/C15H16FNO3S/c1-15(2,3)14(18)17-11-8-10-6-4-5-7-12(10)13(9-11)21(16,19)20/h4-9H,1-3H3,(H,17,18). The van der Waals surface area contributed by atoms with E-state index in [1.54, 1.807) is 45.0 Å². The predicted molar refractivity (Wildman–Crippen MR) is 80.3 cm³/mol. The fraction of sp³-hybridized carbons (Fsp3) is 0.267. The molecular weight excluding hydrogens is 293 g/mol. The molecule has 0 saturated carbocycles. The van der Waals surface area contributed by atoms with E-state index in [0.29, 0.717) is 5.39 Å². The van der Waals surface area contributed by atoms with Gasteiger partial charge in [0, 0.05) is 16.5 Å². The highest BCUT2D eigenvalue weighted by Crippen LogP contribution is 2.29. The molecule has 0 atom stereocenters. The molecule has 2 aromatic rings. The van der Waals surface area contributed by atoms with Crippen LogP contribution in [-0.4, -0.2) is 14.3 Å². The zero-order chi connectivity index (χ0) is 15.8. The van der Waals surface area contributed by atoms with Gasteiger partial charge >= 0.3 is 10.2 Å². The number of anilines is 1. The highest BCUT2D eigenvalue weighted by molar-refractivity contribution is 7.86. The van der Waals surface area contributed by atoms with Crippen LogP contribution >= 0.6 is 0 Å². The molecule has 2 rings (SSSR count). The average molecular weight is 309 g/mol. The van der Waals surface area contributed by atoms with Crippen LogP contribution in [0.4, 0.5) is 9.57 Å². The van der Waals surface area contributed by atoms with Crippen LogP contribution in [0.25, 0.3) is 10.8 Å². The molecule has 0 aromatic heterocycles. The van der Waals surface area contributed by atoms with Crippen molar-refractivity contribution in [3.8, 4) is 0 Å². The highest BCUT2D eigenvalue weighted by Gasteiger charge is 2.23. The summed E-state index contributed by atoms with van der Waals surface area (Å²) >= 11 is 0. The zero-order valence-corrected chi connectivity index (χ0v) is 12.8. The molecule has 21 heavy (non-hydrogen) atoms. The largest absolute Gasteiger partial charge is 0.332 e. The van der Waals surface area contributed by atoms with Crippen LogP contribution in [0.3, 0.4) is 0 Å². The van der Waals surface area contributed by atoms with E-state index in [-0.39, 0.29) is 17.0 Å². The first-order chi connectivity index (χ1) is 9.59. The van der Waals surface area contributed by atoms with Crippen LogP contribution in [0.5, 0.6) is 0 Å². The number of carbonyl (C=O) groups is 1. The summed E-state index contributed by atoms with van der Waals surface area (Å²) in [6.45, 7) is 5.20. The second kappa shape index (κ2) is 5.11. The number of nitrogens with one attached hydrogen (secondary N) is 1. The van der Waals surface area contributed by atoms with Gasteiger partial charge in [-0.3, -0.25) is 4.79 Å². The molecule has 1 amide bonds. The highest BCUT2D eigenvalue weighted by atomic mass is 32.3. The molecule has 2 aromatic carbocycles. The maximum atomic E-state index is 13.5. The Balaban J connectivity index is 2.60. The van der Waals surface area contributed by atoms with E-state index in [4.69, 9.17) is 0 Å². The van der Waals surface area contributed by atoms with Crippen LogP contribution in [0.15, 0.2) is 41.3 Å². The third kappa shape index (κ3) is 3.39. The number of amides is 1. The van der Waals surface area contributed by atoms with Gasteiger partial charge in [0.15, 0.2) is 0 Å². The minimum absolute atomic E-state index is 0.254. The lowest BCUT2D eigenvalue weighted by molar-refractivity contribution is -0.123. The Morgan fingerprint density at radius 2 is 1.76 bits per heavy atom. The molecule has 0 aliphatic rings. The van der Waals surface area contributed by atoms with Crippen molar-refractivity contribution in [3.63, 3.8) is 0 Å². The van der Waals surface area contributed by atoms with Gasteiger partial charge in [-0.25, -0.2) is 0 Å². The summed E-state index contributed by atoms with van der Waals surface area (Å²) in [4.78, 5) is 11.5. The molecule has 1 N–H and O–H groups in total. The molecule has 112 valence electrons. The fourth-order valence-electron chi connectivity index (χ4n) is 1.87. The van der Waals surface area contributed by atoms with E-state index in [0.717, 1.165) is 6.07 Å². The maximum Gasteiger partial charge on any atom is 0.332 e. The Kier molecular flexibility index (Phi) is 3.76. The topological polar surface area (TPSA) is 63.2 Å². The summed E-state index contributed by atoms with van der Waals surface area (Å²) in [5, 5.41) is 3.44. The van der Waals surface area contributed by atoms with E-state index >= 15 is 0 Å². The van der Waals surface area contributed by atoms with Crippen molar-refractivity contribution in [2.45, 2.75) is 25.7 Å². The van der Waals surface area contributed by atoms with Gasteiger partial charge in [0.1, 0.15) is 4.90 Å². The van der Waals surface area contributed by atoms with E-state index in [2.05, 4.69) is 5.32 Å². The van der Waals surface area contributed by atoms with Crippen LogP contribution < -0.4 is 5.32 Å². The Morgan fingerprint density at radius 1 is 1.14 bits per heavy atom. The summed E-state index contributed by atoms with van der Waals surface area (Å²) in [6.07, 6.45) is 0. The SMILES string of the molecule is CC(C)(C)C(=O)Nc1cc(S(=O)(=O)F)c2ccccc2c1. The van der Waals surface area contributed by atoms with Gasteiger partial charge < -0.3 is 5.32 Å².